The number of amides is 1. The molecule has 34 heavy (non-hydrogen) atoms. The minimum Gasteiger partial charge on any atom is -0.321 e. The lowest BCUT2D eigenvalue weighted by molar-refractivity contribution is 0.102. The van der Waals surface area contributed by atoms with E-state index in [2.05, 4.69) is 12.2 Å². The lowest BCUT2D eigenvalue weighted by atomic mass is 10.0. The van der Waals surface area contributed by atoms with Crippen molar-refractivity contribution in [1.29, 1.82) is 0 Å². The van der Waals surface area contributed by atoms with Crippen molar-refractivity contribution in [3.63, 3.8) is 0 Å². The van der Waals surface area contributed by atoms with Gasteiger partial charge in [0.25, 0.3) is 5.91 Å². The Morgan fingerprint density at radius 2 is 1.76 bits per heavy atom. The Hall–Kier alpha value is -3.07. The Morgan fingerprint density at radius 1 is 1.03 bits per heavy atom. The van der Waals surface area contributed by atoms with E-state index in [0.717, 1.165) is 33.6 Å². The highest BCUT2D eigenvalue weighted by atomic mass is 32.2. The van der Waals surface area contributed by atoms with Crippen LogP contribution in [0.4, 0.5) is 5.69 Å². The summed E-state index contributed by atoms with van der Waals surface area (Å²) < 4.78 is 28.6. The smallest absolute Gasteiger partial charge is 0.255 e. The zero-order valence-corrected chi connectivity index (χ0v) is 20.4. The van der Waals surface area contributed by atoms with Gasteiger partial charge in [0.15, 0.2) is 0 Å². The number of fused-ring (bicyclic) bond motifs is 1. The number of piperidine rings is 1. The Kier molecular flexibility index (Phi) is 6.20. The molecule has 8 heteroatoms. The molecule has 0 radical (unpaired) electrons. The van der Waals surface area contributed by atoms with Crippen molar-refractivity contribution in [1.82, 2.24) is 9.29 Å². The molecule has 0 aliphatic carbocycles. The molecule has 1 aliphatic rings. The number of aromatic nitrogens is 1. The molecule has 1 aliphatic heterocycles. The molecule has 0 bridgehead atoms. The van der Waals surface area contributed by atoms with Crippen molar-refractivity contribution in [2.75, 3.05) is 18.4 Å². The quantitative estimate of drug-likeness (QED) is 0.392. The average molecular weight is 492 g/mol. The molecule has 0 spiro atoms. The molecule has 3 aromatic carbocycles. The number of nitrogens with zero attached hydrogens (tertiary/aromatic N) is 2. The number of hydrogen-bond donors (Lipinski definition) is 1. The first-order chi connectivity index (χ1) is 16.4. The molecule has 0 unspecified atom stereocenters. The molecule has 6 nitrogen and oxygen atoms in total. The Labute approximate surface area is 203 Å². The molecule has 5 rings (SSSR count). The first-order valence-corrected chi connectivity index (χ1v) is 13.5. The third-order valence-corrected chi connectivity index (χ3v) is 9.02. The van der Waals surface area contributed by atoms with Crippen molar-refractivity contribution in [3.8, 4) is 10.6 Å². The van der Waals surface area contributed by atoms with Gasteiger partial charge in [-0.1, -0.05) is 31.2 Å². The molecule has 0 saturated carbocycles. The fraction of sp³-hybridized carbons (Fsp3) is 0.231. The fourth-order valence-electron chi connectivity index (χ4n) is 4.25. The van der Waals surface area contributed by atoms with E-state index in [4.69, 9.17) is 4.98 Å². The Balaban J connectivity index is 1.36. The van der Waals surface area contributed by atoms with Gasteiger partial charge in [-0.05, 0) is 67.3 Å². The predicted molar refractivity (Wildman–Crippen MR) is 137 cm³/mol. The first kappa shape index (κ1) is 22.7. The van der Waals surface area contributed by atoms with Gasteiger partial charge in [0, 0.05) is 24.2 Å². The summed E-state index contributed by atoms with van der Waals surface area (Å²) in [6.45, 7) is 3.14. The number of hydrogen-bond acceptors (Lipinski definition) is 5. The molecular weight excluding hydrogens is 466 g/mol. The number of nitrogens with one attached hydrogen (secondary N) is 1. The van der Waals surface area contributed by atoms with Gasteiger partial charge in [-0.3, -0.25) is 4.79 Å². The summed E-state index contributed by atoms with van der Waals surface area (Å²) in [4.78, 5) is 17.9. The van der Waals surface area contributed by atoms with Crippen LogP contribution < -0.4 is 5.32 Å². The van der Waals surface area contributed by atoms with Gasteiger partial charge in [-0.2, -0.15) is 4.31 Å². The minimum absolute atomic E-state index is 0.216. The van der Waals surface area contributed by atoms with Crippen LogP contribution in [0.2, 0.25) is 0 Å². The summed E-state index contributed by atoms with van der Waals surface area (Å²) >= 11 is 1.57. The maximum atomic E-state index is 13.0. The molecule has 1 fully saturated rings. The van der Waals surface area contributed by atoms with E-state index < -0.39 is 10.0 Å². The second-order valence-corrected chi connectivity index (χ2v) is 11.6. The van der Waals surface area contributed by atoms with Crippen molar-refractivity contribution in [2.24, 2.45) is 5.92 Å². The lowest BCUT2D eigenvalue weighted by Crippen LogP contribution is -2.39. The van der Waals surface area contributed by atoms with E-state index in [1.807, 2.05) is 48.5 Å². The number of benzene rings is 3. The van der Waals surface area contributed by atoms with Crippen molar-refractivity contribution >= 4 is 43.2 Å². The van der Waals surface area contributed by atoms with Crippen LogP contribution >= 0.6 is 11.3 Å². The van der Waals surface area contributed by atoms with Crippen LogP contribution in [-0.4, -0.2) is 36.7 Å². The first-order valence-electron chi connectivity index (χ1n) is 11.3. The molecule has 4 aromatic rings. The number of thiazole rings is 1. The number of sulfonamides is 1. The van der Waals surface area contributed by atoms with Crippen molar-refractivity contribution in [3.05, 3.63) is 78.4 Å². The highest BCUT2D eigenvalue weighted by Gasteiger charge is 2.28. The lowest BCUT2D eigenvalue weighted by Gasteiger charge is -2.30. The monoisotopic (exact) mass is 491 g/mol. The maximum Gasteiger partial charge on any atom is 0.255 e. The van der Waals surface area contributed by atoms with Gasteiger partial charge < -0.3 is 5.32 Å². The third kappa shape index (κ3) is 4.49. The van der Waals surface area contributed by atoms with Crippen molar-refractivity contribution in [2.45, 2.75) is 24.7 Å². The summed E-state index contributed by atoms with van der Waals surface area (Å²) in [6.07, 6.45) is 1.92. The van der Waals surface area contributed by atoms with Gasteiger partial charge in [0.1, 0.15) is 5.01 Å². The zero-order chi connectivity index (χ0) is 23.7. The highest BCUT2D eigenvalue weighted by Crippen LogP contribution is 2.34. The van der Waals surface area contributed by atoms with Gasteiger partial charge in [-0.25, -0.2) is 13.4 Å². The summed E-state index contributed by atoms with van der Waals surface area (Å²) in [7, 11) is -3.56. The number of anilines is 1. The molecule has 1 aromatic heterocycles. The predicted octanol–water partition coefficient (Wildman–Crippen LogP) is 5.64. The van der Waals surface area contributed by atoms with Crippen molar-refractivity contribution < 1.29 is 13.2 Å². The average Bonchev–Trinajstić information content (AvgIpc) is 3.28. The summed E-state index contributed by atoms with van der Waals surface area (Å²) in [5, 5.41) is 3.79. The number of carbonyl (C=O) groups excluding carboxylic acids is 1. The van der Waals surface area contributed by atoms with Gasteiger partial charge in [-0.15, -0.1) is 11.3 Å². The van der Waals surface area contributed by atoms with E-state index in [0.29, 0.717) is 30.3 Å². The topological polar surface area (TPSA) is 79.4 Å². The standard InChI is InChI=1S/C26H25N3O3S2/c1-18-7-6-16-29(17-18)34(31,32)20-14-12-19(13-15-20)25(30)27-22-9-3-2-8-21(22)26-28-23-10-4-5-11-24(23)33-26/h2-5,8-15,18H,6-7,16-17H2,1H3,(H,27,30)/t18-/m0/s1. The minimum atomic E-state index is -3.56. The molecule has 1 saturated heterocycles. The van der Waals surface area contributed by atoms with E-state index in [1.54, 1.807) is 27.8 Å². The second kappa shape index (κ2) is 9.29. The molecule has 2 heterocycles. The van der Waals surface area contributed by atoms with Crippen LogP contribution in [-0.2, 0) is 10.0 Å². The third-order valence-electron chi connectivity index (χ3n) is 6.07. The molecule has 1 N–H and O–H groups in total. The van der Waals surface area contributed by atoms with Crippen LogP contribution in [0.15, 0.2) is 77.7 Å². The van der Waals surface area contributed by atoms with Crippen LogP contribution in [0, 0.1) is 5.92 Å². The Morgan fingerprint density at radius 3 is 2.53 bits per heavy atom. The number of para-hydroxylation sites is 2. The molecule has 174 valence electrons. The van der Waals surface area contributed by atoms with Crippen LogP contribution in [0.25, 0.3) is 20.8 Å². The molecule has 1 amide bonds. The SMILES string of the molecule is C[C@H]1CCCN(S(=O)(=O)c2ccc(C(=O)Nc3ccccc3-c3nc4ccccc4s3)cc2)C1. The summed E-state index contributed by atoms with van der Waals surface area (Å²) in [5.74, 6) is 0.0492. The van der Waals surface area contributed by atoms with E-state index >= 15 is 0 Å². The zero-order valence-electron chi connectivity index (χ0n) is 18.8. The normalized spacial score (nSPS) is 17.0. The summed E-state index contributed by atoms with van der Waals surface area (Å²) in [6, 6.07) is 21.6. The highest BCUT2D eigenvalue weighted by molar-refractivity contribution is 7.89. The second-order valence-electron chi connectivity index (χ2n) is 8.62. The Bertz CT molecular complexity index is 1410. The summed E-state index contributed by atoms with van der Waals surface area (Å²) in [5.41, 5.74) is 2.81. The molecular formula is C26H25N3O3S2. The van der Waals surface area contributed by atoms with Crippen LogP contribution in [0.1, 0.15) is 30.1 Å². The van der Waals surface area contributed by atoms with Gasteiger partial charge >= 0.3 is 0 Å². The maximum absolute atomic E-state index is 13.0. The van der Waals surface area contributed by atoms with Crippen LogP contribution in [0.5, 0.6) is 0 Å². The van der Waals surface area contributed by atoms with Gasteiger partial charge in [0.2, 0.25) is 10.0 Å². The van der Waals surface area contributed by atoms with Crippen LogP contribution in [0.3, 0.4) is 0 Å². The number of carbonyl (C=O) groups is 1. The van der Waals surface area contributed by atoms with E-state index in [1.165, 1.54) is 12.1 Å². The number of rotatable bonds is 5. The fourth-order valence-corrected chi connectivity index (χ4v) is 6.86. The van der Waals surface area contributed by atoms with E-state index in [-0.39, 0.29) is 10.8 Å². The molecule has 1 atom stereocenters. The van der Waals surface area contributed by atoms with Gasteiger partial charge in [0.05, 0.1) is 20.8 Å². The van der Waals surface area contributed by atoms with E-state index in [9.17, 15) is 13.2 Å². The largest absolute Gasteiger partial charge is 0.321 e.